The van der Waals surface area contributed by atoms with E-state index in [0.29, 0.717) is 0 Å². The summed E-state index contributed by atoms with van der Waals surface area (Å²) in [6.07, 6.45) is 0.154. The van der Waals surface area contributed by atoms with Gasteiger partial charge in [-0.25, -0.2) is 0 Å². The molecule has 1 heterocycles. The van der Waals surface area contributed by atoms with Crippen molar-refractivity contribution in [1.29, 1.82) is 0 Å². The first kappa shape index (κ1) is 9.97. The van der Waals surface area contributed by atoms with Crippen LogP contribution in [0.15, 0.2) is 18.2 Å². The maximum atomic E-state index is 6.06. The van der Waals surface area contributed by atoms with Crippen molar-refractivity contribution in [3.63, 3.8) is 0 Å². The van der Waals surface area contributed by atoms with Crippen LogP contribution in [0.25, 0.3) is 0 Å². The molecule has 1 fully saturated rings. The summed E-state index contributed by atoms with van der Waals surface area (Å²) < 4.78 is 5.64. The van der Waals surface area contributed by atoms with Crippen LogP contribution in [-0.4, -0.2) is 19.7 Å². The van der Waals surface area contributed by atoms with Crippen molar-refractivity contribution in [2.24, 2.45) is 0 Å². The van der Waals surface area contributed by atoms with Crippen LogP contribution in [0.5, 0.6) is 0 Å². The van der Waals surface area contributed by atoms with Gasteiger partial charge in [0.15, 0.2) is 0 Å². The van der Waals surface area contributed by atoms with Gasteiger partial charge in [-0.15, -0.1) is 0 Å². The number of hydrogen-bond acceptors (Lipinski definition) is 2. The number of morpholine rings is 1. The van der Waals surface area contributed by atoms with Crippen molar-refractivity contribution < 1.29 is 4.74 Å². The molecule has 2 nitrogen and oxygen atoms in total. The monoisotopic (exact) mass is 211 g/mol. The summed E-state index contributed by atoms with van der Waals surface area (Å²) in [5.74, 6) is 0. The first-order valence-electron chi connectivity index (χ1n) is 4.86. The summed E-state index contributed by atoms with van der Waals surface area (Å²) in [4.78, 5) is 0. The second kappa shape index (κ2) is 4.30. The van der Waals surface area contributed by atoms with Crippen LogP contribution in [0, 0.1) is 6.92 Å². The third-order valence-electron chi connectivity index (χ3n) is 2.50. The van der Waals surface area contributed by atoms with Crippen molar-refractivity contribution in [2.75, 3.05) is 19.7 Å². The molecule has 1 unspecified atom stereocenters. The van der Waals surface area contributed by atoms with E-state index in [1.54, 1.807) is 0 Å². The van der Waals surface area contributed by atoms with Gasteiger partial charge in [0, 0.05) is 18.1 Å². The van der Waals surface area contributed by atoms with Gasteiger partial charge in [0.25, 0.3) is 0 Å². The van der Waals surface area contributed by atoms with E-state index in [9.17, 15) is 0 Å². The van der Waals surface area contributed by atoms with Gasteiger partial charge in [0.1, 0.15) is 0 Å². The lowest BCUT2D eigenvalue weighted by Gasteiger charge is -2.24. The third kappa shape index (κ3) is 2.08. The molecule has 0 bridgehead atoms. The van der Waals surface area contributed by atoms with Gasteiger partial charge in [0.05, 0.1) is 12.7 Å². The molecule has 1 aromatic rings. The Balaban J connectivity index is 2.18. The highest BCUT2D eigenvalue weighted by Crippen LogP contribution is 2.24. The van der Waals surface area contributed by atoms with E-state index in [1.807, 2.05) is 19.1 Å². The molecule has 0 spiro atoms. The van der Waals surface area contributed by atoms with E-state index in [-0.39, 0.29) is 6.10 Å². The molecular formula is C11H14ClNO. The first-order chi connectivity index (χ1) is 6.77. The summed E-state index contributed by atoms with van der Waals surface area (Å²) in [6.45, 7) is 4.59. The SMILES string of the molecule is Cc1ccc(C2CNCCO2)cc1Cl. The highest BCUT2D eigenvalue weighted by molar-refractivity contribution is 6.31. The smallest absolute Gasteiger partial charge is 0.0950 e. The number of nitrogens with one attached hydrogen (secondary N) is 1. The molecule has 1 saturated heterocycles. The van der Waals surface area contributed by atoms with Crippen LogP contribution in [0.1, 0.15) is 17.2 Å². The zero-order valence-electron chi connectivity index (χ0n) is 8.22. The van der Waals surface area contributed by atoms with E-state index >= 15 is 0 Å². The van der Waals surface area contributed by atoms with Gasteiger partial charge < -0.3 is 10.1 Å². The predicted octanol–water partition coefficient (Wildman–Crippen LogP) is 2.31. The Morgan fingerprint density at radius 1 is 1.50 bits per heavy atom. The Hall–Kier alpha value is -0.570. The van der Waals surface area contributed by atoms with Crippen molar-refractivity contribution in [2.45, 2.75) is 13.0 Å². The molecule has 1 aromatic carbocycles. The lowest BCUT2D eigenvalue weighted by atomic mass is 10.1. The fourth-order valence-electron chi connectivity index (χ4n) is 1.59. The van der Waals surface area contributed by atoms with Gasteiger partial charge in [-0.05, 0) is 24.1 Å². The minimum atomic E-state index is 0.154. The van der Waals surface area contributed by atoms with Crippen LogP contribution in [0.4, 0.5) is 0 Å². The summed E-state index contributed by atoms with van der Waals surface area (Å²) in [6, 6.07) is 6.11. The zero-order chi connectivity index (χ0) is 9.97. The van der Waals surface area contributed by atoms with E-state index < -0.39 is 0 Å². The molecule has 76 valence electrons. The molecule has 1 atom stereocenters. The quantitative estimate of drug-likeness (QED) is 0.770. The topological polar surface area (TPSA) is 21.3 Å². The zero-order valence-corrected chi connectivity index (χ0v) is 8.97. The van der Waals surface area contributed by atoms with E-state index in [2.05, 4.69) is 11.4 Å². The van der Waals surface area contributed by atoms with E-state index in [1.165, 1.54) is 0 Å². The second-order valence-electron chi connectivity index (χ2n) is 3.57. The molecule has 3 heteroatoms. The second-order valence-corrected chi connectivity index (χ2v) is 3.98. The number of hydrogen-bond donors (Lipinski definition) is 1. The molecular weight excluding hydrogens is 198 g/mol. The van der Waals surface area contributed by atoms with Crippen molar-refractivity contribution in [3.8, 4) is 0 Å². The fourth-order valence-corrected chi connectivity index (χ4v) is 1.78. The molecule has 0 amide bonds. The average molecular weight is 212 g/mol. The first-order valence-corrected chi connectivity index (χ1v) is 5.23. The molecule has 1 aliphatic heterocycles. The summed E-state index contributed by atoms with van der Waals surface area (Å²) in [5.41, 5.74) is 2.27. The minimum absolute atomic E-state index is 0.154. The van der Waals surface area contributed by atoms with Crippen LogP contribution >= 0.6 is 11.6 Å². The molecule has 14 heavy (non-hydrogen) atoms. The lowest BCUT2D eigenvalue weighted by molar-refractivity contribution is 0.0277. The maximum Gasteiger partial charge on any atom is 0.0950 e. The van der Waals surface area contributed by atoms with Gasteiger partial charge >= 0.3 is 0 Å². The predicted molar refractivity (Wildman–Crippen MR) is 57.8 cm³/mol. The highest BCUT2D eigenvalue weighted by Gasteiger charge is 2.15. The molecule has 0 aromatic heterocycles. The Kier molecular flexibility index (Phi) is 3.06. The van der Waals surface area contributed by atoms with Crippen molar-refractivity contribution in [3.05, 3.63) is 34.3 Å². The maximum absolute atomic E-state index is 6.06. The Labute approximate surface area is 89.2 Å². The van der Waals surface area contributed by atoms with Gasteiger partial charge in [-0.2, -0.15) is 0 Å². The van der Waals surface area contributed by atoms with E-state index in [4.69, 9.17) is 16.3 Å². The molecule has 0 aliphatic carbocycles. The highest BCUT2D eigenvalue weighted by atomic mass is 35.5. The largest absolute Gasteiger partial charge is 0.371 e. The van der Waals surface area contributed by atoms with E-state index in [0.717, 1.165) is 35.8 Å². The fraction of sp³-hybridized carbons (Fsp3) is 0.455. The number of benzene rings is 1. The number of halogens is 1. The normalized spacial score (nSPS) is 22.3. The number of aryl methyl sites for hydroxylation is 1. The number of ether oxygens (including phenoxy) is 1. The summed E-state index contributed by atoms with van der Waals surface area (Å²) >= 11 is 6.06. The van der Waals surface area contributed by atoms with Gasteiger partial charge in [-0.1, -0.05) is 23.7 Å². The molecule has 2 rings (SSSR count). The van der Waals surface area contributed by atoms with Crippen LogP contribution in [0.2, 0.25) is 5.02 Å². The number of rotatable bonds is 1. The minimum Gasteiger partial charge on any atom is -0.371 e. The Morgan fingerprint density at radius 3 is 3.00 bits per heavy atom. The third-order valence-corrected chi connectivity index (χ3v) is 2.90. The van der Waals surface area contributed by atoms with Crippen molar-refractivity contribution in [1.82, 2.24) is 5.32 Å². The molecule has 1 N–H and O–H groups in total. The van der Waals surface area contributed by atoms with Crippen LogP contribution in [0.3, 0.4) is 0 Å². The van der Waals surface area contributed by atoms with Crippen LogP contribution in [-0.2, 0) is 4.74 Å². The summed E-state index contributed by atoms with van der Waals surface area (Å²) in [5, 5.41) is 4.12. The van der Waals surface area contributed by atoms with Crippen LogP contribution < -0.4 is 5.32 Å². The molecule has 0 saturated carbocycles. The van der Waals surface area contributed by atoms with Gasteiger partial charge in [0.2, 0.25) is 0 Å². The standard InChI is InChI=1S/C11H14ClNO/c1-8-2-3-9(6-10(8)12)11-7-13-4-5-14-11/h2-3,6,11,13H,4-5,7H2,1H3. The van der Waals surface area contributed by atoms with Crippen molar-refractivity contribution >= 4 is 11.6 Å². The Bertz CT molecular complexity index is 321. The lowest BCUT2D eigenvalue weighted by Crippen LogP contribution is -2.33. The van der Waals surface area contributed by atoms with Gasteiger partial charge in [-0.3, -0.25) is 0 Å². The summed E-state index contributed by atoms with van der Waals surface area (Å²) in [7, 11) is 0. The molecule has 0 radical (unpaired) electrons. The average Bonchev–Trinajstić information content (AvgIpc) is 2.23. The Morgan fingerprint density at radius 2 is 2.36 bits per heavy atom. The molecule has 1 aliphatic rings.